The van der Waals surface area contributed by atoms with Gasteiger partial charge in [0.25, 0.3) is 5.91 Å². The summed E-state index contributed by atoms with van der Waals surface area (Å²) < 4.78 is 0. The number of nitrogens with two attached hydrogens (primary N) is 1. The average molecular weight is 262 g/mol. The molecule has 1 aliphatic rings. The zero-order valence-corrected chi connectivity index (χ0v) is 10.9. The zero-order valence-electron chi connectivity index (χ0n) is 10.9. The van der Waals surface area contributed by atoms with E-state index in [0.29, 0.717) is 0 Å². The van der Waals surface area contributed by atoms with Gasteiger partial charge < -0.3 is 16.2 Å². The van der Waals surface area contributed by atoms with Crippen LogP contribution in [0.25, 0.3) is 0 Å². The number of aromatic hydroxyl groups is 1. The summed E-state index contributed by atoms with van der Waals surface area (Å²) in [6.07, 6.45) is 4.05. The molecule has 1 aliphatic carbocycles. The number of rotatable bonds is 3. The van der Waals surface area contributed by atoms with Crippen molar-refractivity contribution in [2.45, 2.75) is 38.6 Å². The van der Waals surface area contributed by atoms with Crippen LogP contribution in [0.15, 0.2) is 12.1 Å². The first-order valence-corrected chi connectivity index (χ1v) is 6.44. The SMILES string of the molecule is CC(NC(=O)c1cc2c(cc1O)CCCC2)C(N)=O. The molecule has 0 saturated heterocycles. The van der Waals surface area contributed by atoms with E-state index in [0.717, 1.165) is 36.8 Å². The van der Waals surface area contributed by atoms with Crippen LogP contribution < -0.4 is 11.1 Å². The summed E-state index contributed by atoms with van der Waals surface area (Å²) >= 11 is 0. The van der Waals surface area contributed by atoms with Gasteiger partial charge in [-0.2, -0.15) is 0 Å². The van der Waals surface area contributed by atoms with Gasteiger partial charge >= 0.3 is 0 Å². The highest BCUT2D eigenvalue weighted by Gasteiger charge is 2.19. The van der Waals surface area contributed by atoms with Gasteiger partial charge in [-0.25, -0.2) is 0 Å². The summed E-state index contributed by atoms with van der Waals surface area (Å²) in [5.41, 5.74) is 7.50. The fraction of sp³-hybridized carbons (Fsp3) is 0.429. The van der Waals surface area contributed by atoms with Crippen molar-refractivity contribution in [1.82, 2.24) is 5.32 Å². The molecule has 0 bridgehead atoms. The van der Waals surface area contributed by atoms with E-state index in [2.05, 4.69) is 5.32 Å². The summed E-state index contributed by atoms with van der Waals surface area (Å²) in [6.45, 7) is 1.51. The van der Waals surface area contributed by atoms with Crippen LogP contribution in [0.3, 0.4) is 0 Å². The maximum absolute atomic E-state index is 12.0. The first-order valence-electron chi connectivity index (χ1n) is 6.44. The predicted molar refractivity (Wildman–Crippen MR) is 70.9 cm³/mol. The van der Waals surface area contributed by atoms with Gasteiger partial charge in [0.15, 0.2) is 0 Å². The lowest BCUT2D eigenvalue weighted by Gasteiger charge is -2.18. The van der Waals surface area contributed by atoms with Crippen LogP contribution in [0.1, 0.15) is 41.3 Å². The molecular formula is C14H18N2O3. The van der Waals surface area contributed by atoms with E-state index < -0.39 is 17.9 Å². The van der Waals surface area contributed by atoms with Gasteiger partial charge in [-0.05, 0) is 55.9 Å². The molecule has 4 N–H and O–H groups in total. The third-order valence-corrected chi connectivity index (χ3v) is 3.48. The Morgan fingerprint density at radius 3 is 2.42 bits per heavy atom. The Morgan fingerprint density at radius 2 is 1.84 bits per heavy atom. The second kappa shape index (κ2) is 5.30. The molecule has 0 aromatic heterocycles. The molecule has 5 nitrogen and oxygen atoms in total. The van der Waals surface area contributed by atoms with Gasteiger partial charge in [0.1, 0.15) is 11.8 Å². The monoisotopic (exact) mass is 262 g/mol. The minimum absolute atomic E-state index is 0.0465. The lowest BCUT2D eigenvalue weighted by atomic mass is 9.90. The molecule has 1 atom stereocenters. The van der Waals surface area contributed by atoms with Gasteiger partial charge in [0.05, 0.1) is 5.56 Å². The van der Waals surface area contributed by atoms with Crippen molar-refractivity contribution in [3.05, 3.63) is 28.8 Å². The largest absolute Gasteiger partial charge is 0.507 e. The Balaban J connectivity index is 2.24. The standard InChI is InChI=1S/C14H18N2O3/c1-8(13(15)18)16-14(19)11-6-9-4-2-3-5-10(9)7-12(11)17/h6-8,17H,2-5H2,1H3,(H2,15,18)(H,16,19). The molecule has 2 amide bonds. The number of fused-ring (bicyclic) bond motifs is 1. The average Bonchev–Trinajstić information content (AvgIpc) is 2.37. The smallest absolute Gasteiger partial charge is 0.255 e. The lowest BCUT2D eigenvalue weighted by Crippen LogP contribution is -2.42. The molecule has 2 rings (SSSR count). The number of hydrogen-bond donors (Lipinski definition) is 3. The molecule has 0 saturated carbocycles. The Labute approximate surface area is 111 Å². The van der Waals surface area contributed by atoms with Gasteiger partial charge in [0.2, 0.25) is 5.91 Å². The Kier molecular flexibility index (Phi) is 3.74. The van der Waals surface area contributed by atoms with Crippen LogP contribution in [-0.4, -0.2) is 23.0 Å². The van der Waals surface area contributed by atoms with Crippen LogP contribution in [0, 0.1) is 0 Å². The van der Waals surface area contributed by atoms with Crippen molar-refractivity contribution < 1.29 is 14.7 Å². The Morgan fingerprint density at radius 1 is 1.26 bits per heavy atom. The molecule has 0 spiro atoms. The van der Waals surface area contributed by atoms with Gasteiger partial charge in [0, 0.05) is 0 Å². The topological polar surface area (TPSA) is 92.4 Å². The van der Waals surface area contributed by atoms with E-state index in [1.165, 1.54) is 6.92 Å². The molecule has 5 heteroatoms. The number of phenolic OH excluding ortho intramolecular Hbond substituents is 1. The summed E-state index contributed by atoms with van der Waals surface area (Å²) in [6, 6.07) is 2.61. The van der Waals surface area contributed by atoms with Crippen LogP contribution in [-0.2, 0) is 17.6 Å². The summed E-state index contributed by atoms with van der Waals surface area (Å²) in [4.78, 5) is 22.9. The number of benzene rings is 1. The van der Waals surface area contributed by atoms with Crippen molar-refractivity contribution in [3.8, 4) is 5.75 Å². The Bertz CT molecular complexity index is 526. The number of carbonyl (C=O) groups is 2. The molecule has 1 unspecified atom stereocenters. The molecule has 0 fully saturated rings. The second-order valence-corrected chi connectivity index (χ2v) is 4.94. The van der Waals surface area contributed by atoms with Crippen LogP contribution >= 0.6 is 0 Å². The summed E-state index contributed by atoms with van der Waals surface area (Å²) in [5, 5.41) is 12.4. The van der Waals surface area contributed by atoms with Crippen LogP contribution in [0.4, 0.5) is 0 Å². The molecule has 1 aromatic carbocycles. The number of nitrogens with one attached hydrogen (secondary N) is 1. The van der Waals surface area contributed by atoms with Crippen molar-refractivity contribution in [2.24, 2.45) is 5.73 Å². The maximum atomic E-state index is 12.0. The third kappa shape index (κ3) is 2.86. The fourth-order valence-electron chi connectivity index (χ4n) is 2.30. The summed E-state index contributed by atoms with van der Waals surface area (Å²) in [5.74, 6) is -1.13. The van der Waals surface area contributed by atoms with E-state index in [9.17, 15) is 14.7 Å². The predicted octanol–water partition coefficient (Wildman–Crippen LogP) is 0.875. The molecule has 0 radical (unpaired) electrons. The third-order valence-electron chi connectivity index (χ3n) is 3.48. The van der Waals surface area contributed by atoms with Crippen molar-refractivity contribution in [3.63, 3.8) is 0 Å². The van der Waals surface area contributed by atoms with E-state index in [1.54, 1.807) is 12.1 Å². The molecule has 102 valence electrons. The first-order chi connectivity index (χ1) is 8.99. The number of hydrogen-bond acceptors (Lipinski definition) is 3. The minimum atomic E-state index is -0.761. The number of aryl methyl sites for hydroxylation is 2. The second-order valence-electron chi connectivity index (χ2n) is 4.94. The minimum Gasteiger partial charge on any atom is -0.507 e. The number of amides is 2. The highest BCUT2D eigenvalue weighted by Crippen LogP contribution is 2.28. The molecule has 1 aromatic rings. The molecular weight excluding hydrogens is 244 g/mol. The van der Waals surface area contributed by atoms with Gasteiger partial charge in [-0.1, -0.05) is 0 Å². The van der Waals surface area contributed by atoms with E-state index in [4.69, 9.17) is 5.73 Å². The molecule has 0 heterocycles. The van der Waals surface area contributed by atoms with E-state index in [1.807, 2.05) is 0 Å². The maximum Gasteiger partial charge on any atom is 0.255 e. The van der Waals surface area contributed by atoms with Gasteiger partial charge in [-0.3, -0.25) is 9.59 Å². The Hall–Kier alpha value is -2.04. The number of carbonyl (C=O) groups excluding carboxylic acids is 2. The fourth-order valence-corrected chi connectivity index (χ4v) is 2.30. The summed E-state index contributed by atoms with van der Waals surface area (Å²) in [7, 11) is 0. The van der Waals surface area contributed by atoms with Crippen molar-refractivity contribution in [1.29, 1.82) is 0 Å². The normalized spacial score (nSPS) is 15.4. The number of primary amides is 1. The van der Waals surface area contributed by atoms with Crippen molar-refractivity contribution >= 4 is 11.8 Å². The molecule has 19 heavy (non-hydrogen) atoms. The lowest BCUT2D eigenvalue weighted by molar-refractivity contribution is -0.119. The van der Waals surface area contributed by atoms with Crippen LogP contribution in [0.5, 0.6) is 5.75 Å². The zero-order chi connectivity index (χ0) is 14.0. The number of phenols is 1. The van der Waals surface area contributed by atoms with Crippen LogP contribution in [0.2, 0.25) is 0 Å². The van der Waals surface area contributed by atoms with Gasteiger partial charge in [-0.15, -0.1) is 0 Å². The highest BCUT2D eigenvalue weighted by molar-refractivity contribution is 5.99. The highest BCUT2D eigenvalue weighted by atomic mass is 16.3. The quantitative estimate of drug-likeness (QED) is 0.754. The van der Waals surface area contributed by atoms with E-state index in [-0.39, 0.29) is 11.3 Å². The first kappa shape index (κ1) is 13.4. The van der Waals surface area contributed by atoms with Crippen molar-refractivity contribution in [2.75, 3.05) is 0 Å². The molecule has 0 aliphatic heterocycles. The van der Waals surface area contributed by atoms with E-state index >= 15 is 0 Å².